The van der Waals surface area contributed by atoms with Gasteiger partial charge < -0.3 is 14.4 Å². The van der Waals surface area contributed by atoms with Gasteiger partial charge in [0, 0.05) is 19.5 Å². The molecule has 1 fully saturated rings. The third-order valence-electron chi connectivity index (χ3n) is 4.16. The van der Waals surface area contributed by atoms with Crippen molar-refractivity contribution in [3.8, 4) is 0 Å². The van der Waals surface area contributed by atoms with Gasteiger partial charge in [-0.15, -0.1) is 0 Å². The van der Waals surface area contributed by atoms with E-state index in [-0.39, 0.29) is 18.5 Å². The second-order valence-electron chi connectivity index (χ2n) is 7.63. The minimum absolute atomic E-state index is 0.131. The van der Waals surface area contributed by atoms with Gasteiger partial charge in [0.1, 0.15) is 12.2 Å². The van der Waals surface area contributed by atoms with Crippen LogP contribution >= 0.6 is 0 Å². The molecule has 1 saturated heterocycles. The number of ketones is 1. The molecule has 138 valence electrons. The quantitative estimate of drug-likeness (QED) is 0.785. The van der Waals surface area contributed by atoms with Gasteiger partial charge in [0.05, 0.1) is 6.61 Å². The largest absolute Gasteiger partial charge is 0.444 e. The fourth-order valence-corrected chi connectivity index (χ4v) is 2.88. The van der Waals surface area contributed by atoms with Crippen LogP contribution in [0.3, 0.4) is 0 Å². The van der Waals surface area contributed by atoms with Gasteiger partial charge in [0.25, 0.3) is 0 Å². The number of piperidine rings is 1. The molecule has 1 heterocycles. The summed E-state index contributed by atoms with van der Waals surface area (Å²) in [4.78, 5) is 25.8. The van der Waals surface area contributed by atoms with Crippen molar-refractivity contribution in [2.45, 2.75) is 52.2 Å². The average Bonchev–Trinajstić information content (AvgIpc) is 2.55. The number of ether oxygens (including phenoxy) is 2. The molecule has 1 aliphatic rings. The van der Waals surface area contributed by atoms with Crippen LogP contribution in [0.1, 0.15) is 45.6 Å². The third-order valence-corrected chi connectivity index (χ3v) is 4.16. The van der Waals surface area contributed by atoms with Gasteiger partial charge in [0.2, 0.25) is 0 Å². The van der Waals surface area contributed by atoms with Crippen molar-refractivity contribution in [2.24, 2.45) is 5.92 Å². The number of hydrogen-bond acceptors (Lipinski definition) is 4. The van der Waals surface area contributed by atoms with Crippen molar-refractivity contribution in [2.75, 3.05) is 19.7 Å². The highest BCUT2D eigenvalue weighted by Gasteiger charge is 2.27. The van der Waals surface area contributed by atoms with Crippen LogP contribution in [0.15, 0.2) is 30.3 Å². The Hall–Kier alpha value is -1.88. The maximum atomic E-state index is 12.1. The standard InChI is InChI=1S/C20H29NO4/c1-20(2,3)25-19(23)21-11-9-16(10-12-21)13-18(22)15-24-14-17-7-5-4-6-8-17/h4-8,16H,9-15H2,1-3H3. The van der Waals surface area contributed by atoms with Crippen molar-refractivity contribution in [1.82, 2.24) is 4.90 Å². The Kier molecular flexibility index (Phi) is 7.00. The highest BCUT2D eigenvalue weighted by atomic mass is 16.6. The molecule has 1 aromatic carbocycles. The first-order chi connectivity index (χ1) is 11.8. The molecular formula is C20H29NO4. The lowest BCUT2D eigenvalue weighted by molar-refractivity contribution is -0.125. The third kappa shape index (κ3) is 7.26. The van der Waals surface area contributed by atoms with Gasteiger partial charge in [-0.25, -0.2) is 4.79 Å². The number of carbonyl (C=O) groups excluding carboxylic acids is 2. The molecule has 0 aromatic heterocycles. The van der Waals surface area contributed by atoms with Crippen molar-refractivity contribution in [1.29, 1.82) is 0 Å². The summed E-state index contributed by atoms with van der Waals surface area (Å²) in [6, 6.07) is 9.84. The second kappa shape index (κ2) is 8.99. The Morgan fingerprint density at radius 3 is 2.36 bits per heavy atom. The monoisotopic (exact) mass is 347 g/mol. The summed E-state index contributed by atoms with van der Waals surface area (Å²) < 4.78 is 10.9. The topological polar surface area (TPSA) is 55.8 Å². The fraction of sp³-hybridized carbons (Fsp3) is 0.600. The number of carbonyl (C=O) groups is 2. The van der Waals surface area contributed by atoms with Crippen molar-refractivity contribution in [3.05, 3.63) is 35.9 Å². The van der Waals surface area contributed by atoms with Crippen LogP contribution in [0.2, 0.25) is 0 Å². The molecule has 5 nitrogen and oxygen atoms in total. The van der Waals surface area contributed by atoms with Crippen LogP contribution in [0, 0.1) is 5.92 Å². The lowest BCUT2D eigenvalue weighted by Gasteiger charge is -2.33. The van der Waals surface area contributed by atoms with Crippen LogP contribution in [0.4, 0.5) is 4.79 Å². The van der Waals surface area contributed by atoms with E-state index in [9.17, 15) is 9.59 Å². The van der Waals surface area contributed by atoms with E-state index in [1.807, 2.05) is 51.1 Å². The van der Waals surface area contributed by atoms with E-state index in [2.05, 4.69) is 0 Å². The fourth-order valence-electron chi connectivity index (χ4n) is 2.88. The summed E-state index contributed by atoms with van der Waals surface area (Å²) in [6.45, 7) is 7.52. The summed E-state index contributed by atoms with van der Waals surface area (Å²) in [5, 5.41) is 0. The molecule has 1 amide bonds. The summed E-state index contributed by atoms with van der Waals surface area (Å²) in [7, 11) is 0. The Bertz CT molecular complexity index is 557. The number of nitrogens with zero attached hydrogens (tertiary/aromatic N) is 1. The molecule has 1 aromatic rings. The Balaban J connectivity index is 1.64. The maximum Gasteiger partial charge on any atom is 0.410 e. The highest BCUT2D eigenvalue weighted by molar-refractivity contribution is 5.79. The van der Waals surface area contributed by atoms with Gasteiger partial charge in [-0.3, -0.25) is 4.79 Å². The lowest BCUT2D eigenvalue weighted by atomic mass is 9.92. The van der Waals surface area contributed by atoms with Gasteiger partial charge in [0.15, 0.2) is 5.78 Å². The zero-order valence-electron chi connectivity index (χ0n) is 15.5. The molecule has 2 rings (SSSR count). The van der Waals surface area contributed by atoms with Crippen LogP contribution in [0.5, 0.6) is 0 Å². The normalized spacial score (nSPS) is 15.9. The van der Waals surface area contributed by atoms with Gasteiger partial charge in [-0.2, -0.15) is 0 Å². The molecule has 5 heteroatoms. The van der Waals surface area contributed by atoms with Gasteiger partial charge >= 0.3 is 6.09 Å². The van der Waals surface area contributed by atoms with Gasteiger partial charge in [-0.1, -0.05) is 30.3 Å². The highest BCUT2D eigenvalue weighted by Crippen LogP contribution is 2.22. The van der Waals surface area contributed by atoms with E-state index in [0.29, 0.717) is 32.0 Å². The molecular weight excluding hydrogens is 318 g/mol. The molecule has 0 aliphatic carbocycles. The predicted molar refractivity (Wildman–Crippen MR) is 96.3 cm³/mol. The number of amides is 1. The molecule has 1 aliphatic heterocycles. The van der Waals surface area contributed by atoms with Crippen LogP contribution in [-0.2, 0) is 20.9 Å². The van der Waals surface area contributed by atoms with Crippen molar-refractivity contribution < 1.29 is 19.1 Å². The number of likely N-dealkylation sites (tertiary alicyclic amines) is 1. The summed E-state index contributed by atoms with van der Waals surface area (Å²) in [6.07, 6.45) is 1.94. The van der Waals surface area contributed by atoms with E-state index in [1.165, 1.54) is 0 Å². The number of benzene rings is 1. The first-order valence-electron chi connectivity index (χ1n) is 8.95. The Morgan fingerprint density at radius 1 is 1.12 bits per heavy atom. The second-order valence-corrected chi connectivity index (χ2v) is 7.63. The molecule has 25 heavy (non-hydrogen) atoms. The SMILES string of the molecule is CC(C)(C)OC(=O)N1CCC(CC(=O)COCc2ccccc2)CC1. The van der Waals surface area contributed by atoms with E-state index in [4.69, 9.17) is 9.47 Å². The van der Waals surface area contributed by atoms with E-state index in [1.54, 1.807) is 4.90 Å². The first kappa shape index (κ1) is 19.4. The van der Waals surface area contributed by atoms with Crippen molar-refractivity contribution >= 4 is 11.9 Å². The summed E-state index contributed by atoms with van der Waals surface area (Å²) >= 11 is 0. The molecule has 0 saturated carbocycles. The van der Waals surface area contributed by atoms with Crippen molar-refractivity contribution in [3.63, 3.8) is 0 Å². The maximum absolute atomic E-state index is 12.1. The first-order valence-corrected chi connectivity index (χ1v) is 8.95. The lowest BCUT2D eigenvalue weighted by Crippen LogP contribution is -2.42. The number of hydrogen-bond donors (Lipinski definition) is 0. The Labute approximate surface area is 150 Å². The number of rotatable bonds is 6. The molecule has 0 spiro atoms. The smallest absolute Gasteiger partial charge is 0.410 e. The molecule has 0 unspecified atom stereocenters. The zero-order valence-corrected chi connectivity index (χ0v) is 15.5. The molecule has 0 radical (unpaired) electrons. The van der Waals surface area contributed by atoms with E-state index >= 15 is 0 Å². The minimum atomic E-state index is -0.472. The zero-order chi connectivity index (χ0) is 18.3. The average molecular weight is 347 g/mol. The van der Waals surface area contributed by atoms with E-state index in [0.717, 1.165) is 18.4 Å². The molecule has 0 bridgehead atoms. The molecule has 0 atom stereocenters. The van der Waals surface area contributed by atoms with Crippen LogP contribution < -0.4 is 0 Å². The summed E-state index contributed by atoms with van der Waals surface area (Å²) in [5.74, 6) is 0.457. The minimum Gasteiger partial charge on any atom is -0.444 e. The summed E-state index contributed by atoms with van der Waals surface area (Å²) in [5.41, 5.74) is 0.598. The van der Waals surface area contributed by atoms with Gasteiger partial charge in [-0.05, 0) is 45.1 Å². The van der Waals surface area contributed by atoms with Crippen LogP contribution in [0.25, 0.3) is 0 Å². The predicted octanol–water partition coefficient (Wildman–Crippen LogP) is 3.81. The number of Topliss-reactive ketones (excluding diaryl/α,β-unsaturated/α-hetero) is 1. The molecule has 0 N–H and O–H groups in total. The van der Waals surface area contributed by atoms with E-state index < -0.39 is 5.60 Å². The van der Waals surface area contributed by atoms with Crippen LogP contribution in [-0.4, -0.2) is 42.1 Å². The Morgan fingerprint density at radius 2 is 1.76 bits per heavy atom.